The molecule has 5 heteroatoms. The number of nitrogens with two attached hydrogens (primary N) is 1. The summed E-state index contributed by atoms with van der Waals surface area (Å²) >= 11 is 0. The van der Waals surface area contributed by atoms with Gasteiger partial charge in [0.05, 0.1) is 17.6 Å². The predicted molar refractivity (Wildman–Crippen MR) is 85.3 cm³/mol. The van der Waals surface area contributed by atoms with E-state index in [0.717, 1.165) is 47.1 Å². The number of nitrogen functional groups attached to an aromatic ring is 1. The van der Waals surface area contributed by atoms with Gasteiger partial charge in [-0.3, -0.25) is 0 Å². The van der Waals surface area contributed by atoms with Crippen LogP contribution in [0.4, 0.5) is 5.82 Å². The number of imidazole rings is 1. The number of aryl methyl sites for hydroxylation is 1. The van der Waals surface area contributed by atoms with E-state index in [1.54, 1.807) is 7.11 Å². The first-order valence-electron chi connectivity index (χ1n) is 7.28. The summed E-state index contributed by atoms with van der Waals surface area (Å²) in [5, 5.41) is 1.10. The Morgan fingerprint density at radius 3 is 2.81 bits per heavy atom. The predicted octanol–water partition coefficient (Wildman–Crippen LogP) is 2.77. The molecule has 2 heterocycles. The Labute approximate surface area is 123 Å². The number of hydrogen-bond donors (Lipinski definition) is 1. The van der Waals surface area contributed by atoms with E-state index in [-0.39, 0.29) is 0 Å². The zero-order valence-corrected chi connectivity index (χ0v) is 12.5. The molecule has 0 fully saturated rings. The topological polar surface area (TPSA) is 66.0 Å². The third kappa shape index (κ3) is 2.34. The smallest absolute Gasteiger partial charge is 0.152 e. The molecule has 0 unspecified atom stereocenters. The van der Waals surface area contributed by atoms with E-state index < -0.39 is 0 Å². The van der Waals surface area contributed by atoms with Gasteiger partial charge in [0, 0.05) is 25.5 Å². The number of hydrogen-bond acceptors (Lipinski definition) is 4. The minimum absolute atomic E-state index is 0.497. The van der Waals surface area contributed by atoms with E-state index in [2.05, 4.69) is 22.5 Å². The Hall–Kier alpha value is -2.14. The highest BCUT2D eigenvalue weighted by molar-refractivity contribution is 6.06. The normalized spacial score (nSPS) is 11.5. The van der Waals surface area contributed by atoms with Crippen LogP contribution in [0, 0.1) is 0 Å². The molecular weight excluding hydrogens is 264 g/mol. The molecule has 5 nitrogen and oxygen atoms in total. The van der Waals surface area contributed by atoms with Crippen LogP contribution in [0.5, 0.6) is 0 Å². The van der Waals surface area contributed by atoms with Crippen molar-refractivity contribution in [3.05, 3.63) is 30.1 Å². The van der Waals surface area contributed by atoms with Gasteiger partial charge in [-0.15, -0.1) is 0 Å². The second kappa shape index (κ2) is 5.69. The molecule has 2 aromatic heterocycles. The van der Waals surface area contributed by atoms with Gasteiger partial charge in [0.2, 0.25) is 0 Å². The molecule has 21 heavy (non-hydrogen) atoms. The van der Waals surface area contributed by atoms with Crippen molar-refractivity contribution in [1.82, 2.24) is 14.5 Å². The summed E-state index contributed by atoms with van der Waals surface area (Å²) in [6.45, 7) is 3.74. The highest BCUT2D eigenvalue weighted by atomic mass is 16.5. The quantitative estimate of drug-likeness (QED) is 0.782. The largest absolute Gasteiger partial charge is 0.384 e. The Balaban J connectivity index is 2.32. The number of nitrogens with zero attached hydrogens (tertiary/aromatic N) is 3. The number of para-hydroxylation sites is 1. The average Bonchev–Trinajstić information content (AvgIpc) is 2.85. The third-order valence-electron chi connectivity index (χ3n) is 3.67. The number of rotatable bonds is 5. The number of fused-ring (bicyclic) bond motifs is 3. The molecule has 110 valence electrons. The average molecular weight is 284 g/mol. The highest BCUT2D eigenvalue weighted by Crippen LogP contribution is 2.29. The number of anilines is 1. The van der Waals surface area contributed by atoms with Crippen molar-refractivity contribution in [2.75, 3.05) is 19.5 Å². The van der Waals surface area contributed by atoms with Crippen LogP contribution in [-0.4, -0.2) is 28.3 Å². The van der Waals surface area contributed by atoms with Gasteiger partial charge in [-0.1, -0.05) is 25.1 Å². The number of ether oxygens (including phenoxy) is 1. The van der Waals surface area contributed by atoms with Crippen molar-refractivity contribution in [2.24, 2.45) is 0 Å². The second-order valence-electron chi connectivity index (χ2n) is 5.13. The maximum absolute atomic E-state index is 6.11. The number of aromatic nitrogens is 3. The van der Waals surface area contributed by atoms with Crippen LogP contribution in [0.1, 0.15) is 19.2 Å². The standard InChI is InChI=1S/C16H20N4O/c1-3-9-20-13(8-10-21-2)19-14-15(20)11-6-4-5-7-12(11)18-16(14)17/h4-7H,3,8-10H2,1-2H3,(H2,17,18). The lowest BCUT2D eigenvalue weighted by atomic mass is 10.2. The van der Waals surface area contributed by atoms with Gasteiger partial charge in [-0.2, -0.15) is 0 Å². The Kier molecular flexibility index (Phi) is 3.75. The van der Waals surface area contributed by atoms with Crippen LogP contribution in [-0.2, 0) is 17.7 Å². The van der Waals surface area contributed by atoms with Crippen LogP contribution in [0.2, 0.25) is 0 Å². The first kappa shape index (κ1) is 13.8. The summed E-state index contributed by atoms with van der Waals surface area (Å²) in [6.07, 6.45) is 1.82. The first-order valence-corrected chi connectivity index (χ1v) is 7.28. The van der Waals surface area contributed by atoms with Gasteiger partial charge in [0.25, 0.3) is 0 Å². The van der Waals surface area contributed by atoms with Crippen molar-refractivity contribution in [2.45, 2.75) is 26.3 Å². The lowest BCUT2D eigenvalue weighted by Gasteiger charge is -2.09. The van der Waals surface area contributed by atoms with Crippen molar-refractivity contribution < 1.29 is 4.74 Å². The van der Waals surface area contributed by atoms with Crippen LogP contribution >= 0.6 is 0 Å². The SMILES string of the molecule is CCCn1c(CCOC)nc2c(N)nc3ccccc3c21. The van der Waals surface area contributed by atoms with Crippen LogP contribution in [0.25, 0.3) is 21.9 Å². The molecule has 3 rings (SSSR count). The number of benzene rings is 1. The fraction of sp³-hybridized carbons (Fsp3) is 0.375. The van der Waals surface area contributed by atoms with Crippen molar-refractivity contribution in [3.8, 4) is 0 Å². The molecule has 0 aliphatic carbocycles. The molecule has 2 N–H and O–H groups in total. The van der Waals surface area contributed by atoms with E-state index in [1.807, 2.05) is 18.2 Å². The molecule has 1 aromatic carbocycles. The summed E-state index contributed by atoms with van der Waals surface area (Å²) in [5.74, 6) is 1.51. The molecule has 3 aromatic rings. The molecule has 0 saturated carbocycles. The lowest BCUT2D eigenvalue weighted by molar-refractivity contribution is 0.199. The van der Waals surface area contributed by atoms with Crippen LogP contribution < -0.4 is 5.73 Å². The molecule has 0 radical (unpaired) electrons. The zero-order chi connectivity index (χ0) is 14.8. The van der Waals surface area contributed by atoms with Crippen LogP contribution in [0.3, 0.4) is 0 Å². The molecule has 0 atom stereocenters. The van der Waals surface area contributed by atoms with Gasteiger partial charge in [-0.25, -0.2) is 9.97 Å². The van der Waals surface area contributed by atoms with Gasteiger partial charge in [-0.05, 0) is 12.5 Å². The molecule has 0 spiro atoms. The van der Waals surface area contributed by atoms with E-state index >= 15 is 0 Å². The van der Waals surface area contributed by atoms with Gasteiger partial charge in [0.1, 0.15) is 11.3 Å². The fourth-order valence-electron chi connectivity index (χ4n) is 2.75. The summed E-state index contributed by atoms with van der Waals surface area (Å²) in [5.41, 5.74) is 8.91. The van der Waals surface area contributed by atoms with Crippen molar-refractivity contribution >= 4 is 27.8 Å². The summed E-state index contributed by atoms with van der Waals surface area (Å²) in [7, 11) is 1.71. The van der Waals surface area contributed by atoms with Gasteiger partial charge >= 0.3 is 0 Å². The van der Waals surface area contributed by atoms with E-state index in [4.69, 9.17) is 15.5 Å². The number of pyridine rings is 1. The Bertz CT molecular complexity index is 779. The van der Waals surface area contributed by atoms with Crippen molar-refractivity contribution in [1.29, 1.82) is 0 Å². The maximum atomic E-state index is 6.11. The van der Waals surface area contributed by atoms with E-state index in [0.29, 0.717) is 12.4 Å². The van der Waals surface area contributed by atoms with E-state index in [9.17, 15) is 0 Å². The Morgan fingerprint density at radius 1 is 1.24 bits per heavy atom. The summed E-state index contributed by atoms with van der Waals surface area (Å²) in [6, 6.07) is 8.08. The maximum Gasteiger partial charge on any atom is 0.152 e. The molecular formula is C16H20N4O. The number of methoxy groups -OCH3 is 1. The first-order chi connectivity index (χ1) is 10.3. The summed E-state index contributed by atoms with van der Waals surface area (Å²) in [4.78, 5) is 9.18. The van der Waals surface area contributed by atoms with Crippen molar-refractivity contribution in [3.63, 3.8) is 0 Å². The third-order valence-corrected chi connectivity index (χ3v) is 3.67. The monoisotopic (exact) mass is 284 g/mol. The lowest BCUT2D eigenvalue weighted by Crippen LogP contribution is -2.06. The second-order valence-corrected chi connectivity index (χ2v) is 5.13. The molecule has 0 aliphatic rings. The minimum Gasteiger partial charge on any atom is -0.384 e. The van der Waals surface area contributed by atoms with Crippen LogP contribution in [0.15, 0.2) is 24.3 Å². The Morgan fingerprint density at radius 2 is 2.05 bits per heavy atom. The van der Waals surface area contributed by atoms with E-state index in [1.165, 1.54) is 0 Å². The fourth-order valence-corrected chi connectivity index (χ4v) is 2.75. The highest BCUT2D eigenvalue weighted by Gasteiger charge is 2.16. The molecule has 0 bridgehead atoms. The molecule has 0 aliphatic heterocycles. The minimum atomic E-state index is 0.497. The molecule has 0 saturated heterocycles. The van der Waals surface area contributed by atoms with Gasteiger partial charge < -0.3 is 15.0 Å². The summed E-state index contributed by atoms with van der Waals surface area (Å²) < 4.78 is 7.45. The van der Waals surface area contributed by atoms with Gasteiger partial charge in [0.15, 0.2) is 5.82 Å². The molecule has 0 amide bonds. The zero-order valence-electron chi connectivity index (χ0n) is 12.5.